The number of amides is 2. The Hall–Kier alpha value is -2.87. The monoisotopic (exact) mass is 400 g/mol. The van der Waals surface area contributed by atoms with Gasteiger partial charge >= 0.3 is 6.03 Å². The number of fused-ring (bicyclic) bond motifs is 1. The van der Waals surface area contributed by atoms with Gasteiger partial charge in [0.25, 0.3) is 0 Å². The van der Waals surface area contributed by atoms with E-state index in [1.54, 1.807) is 24.3 Å². The summed E-state index contributed by atoms with van der Waals surface area (Å²) in [6, 6.07) is 13.9. The number of rotatable bonds is 6. The maximum atomic E-state index is 12.2. The zero-order valence-electron chi connectivity index (χ0n) is 16.1. The molecule has 0 spiro atoms. The molecule has 28 heavy (non-hydrogen) atoms. The molecule has 3 rings (SSSR count). The van der Waals surface area contributed by atoms with Crippen LogP contribution in [0.2, 0.25) is 0 Å². The van der Waals surface area contributed by atoms with Crippen molar-refractivity contribution in [1.82, 2.24) is 20.2 Å². The van der Waals surface area contributed by atoms with Crippen LogP contribution < -0.4 is 10.6 Å². The molecule has 3 aromatic rings. The second-order valence-corrected chi connectivity index (χ2v) is 8.78. The largest absolute Gasteiger partial charge is 0.336 e. The van der Waals surface area contributed by atoms with Crippen LogP contribution in [-0.2, 0) is 16.4 Å². The number of carbonyl (C=O) groups is 1. The Morgan fingerprint density at radius 2 is 1.82 bits per heavy atom. The first kappa shape index (κ1) is 19.9. The Morgan fingerprint density at radius 1 is 1.14 bits per heavy atom. The third-order valence-corrected chi connectivity index (χ3v) is 5.75. The zero-order chi connectivity index (χ0) is 20.3. The third-order valence-electron chi connectivity index (χ3n) is 4.62. The highest BCUT2D eigenvalue weighted by molar-refractivity contribution is 7.90. The van der Waals surface area contributed by atoms with E-state index in [0.29, 0.717) is 13.1 Å². The van der Waals surface area contributed by atoms with Crippen molar-refractivity contribution in [2.45, 2.75) is 31.3 Å². The Kier molecular flexibility index (Phi) is 5.69. The molecule has 0 aliphatic rings. The fourth-order valence-electron chi connectivity index (χ4n) is 3.09. The number of sulfone groups is 1. The van der Waals surface area contributed by atoms with Gasteiger partial charge in [-0.3, -0.25) is 0 Å². The SMILES string of the molecule is Cc1nc2ccccc2n1CCNC(=O)NC(C)c1ccc(S(C)(=O)=O)cc1. The van der Waals surface area contributed by atoms with Crippen molar-refractivity contribution in [3.05, 3.63) is 59.9 Å². The van der Waals surface area contributed by atoms with Gasteiger partial charge in [0.05, 0.1) is 22.0 Å². The molecule has 8 heteroatoms. The van der Waals surface area contributed by atoms with Crippen LogP contribution in [0.5, 0.6) is 0 Å². The van der Waals surface area contributed by atoms with Gasteiger partial charge in [0.2, 0.25) is 0 Å². The number of aromatic nitrogens is 2. The highest BCUT2D eigenvalue weighted by Gasteiger charge is 2.12. The first-order chi connectivity index (χ1) is 13.3. The van der Waals surface area contributed by atoms with E-state index >= 15 is 0 Å². The number of nitrogens with one attached hydrogen (secondary N) is 2. The predicted octanol–water partition coefficient (Wildman–Crippen LogP) is 2.81. The molecule has 0 aliphatic heterocycles. The van der Waals surface area contributed by atoms with Crippen molar-refractivity contribution in [3.8, 4) is 0 Å². The minimum absolute atomic E-state index is 0.246. The van der Waals surface area contributed by atoms with Gasteiger partial charge in [0.15, 0.2) is 9.84 Å². The second kappa shape index (κ2) is 8.02. The maximum absolute atomic E-state index is 12.2. The number of benzene rings is 2. The smallest absolute Gasteiger partial charge is 0.315 e. The van der Waals surface area contributed by atoms with E-state index < -0.39 is 9.84 Å². The quantitative estimate of drug-likeness (QED) is 0.665. The fourth-order valence-corrected chi connectivity index (χ4v) is 3.72. The lowest BCUT2D eigenvalue weighted by Gasteiger charge is -2.16. The lowest BCUT2D eigenvalue weighted by Crippen LogP contribution is -2.38. The molecule has 0 bridgehead atoms. The van der Waals surface area contributed by atoms with Gasteiger partial charge in [0, 0.05) is 19.3 Å². The minimum atomic E-state index is -3.23. The van der Waals surface area contributed by atoms with Crippen LogP contribution in [0.3, 0.4) is 0 Å². The molecule has 2 aromatic carbocycles. The average molecular weight is 401 g/mol. The summed E-state index contributed by atoms with van der Waals surface area (Å²) in [6.07, 6.45) is 1.17. The standard InChI is InChI=1S/C20H24N4O3S/c1-14(16-8-10-17(11-9-16)28(3,26)27)22-20(25)21-12-13-24-15(2)23-18-6-4-5-7-19(18)24/h4-11,14H,12-13H2,1-3H3,(H2,21,22,25). The summed E-state index contributed by atoms with van der Waals surface area (Å²) in [5.41, 5.74) is 2.82. The topological polar surface area (TPSA) is 93.1 Å². The number of para-hydroxylation sites is 2. The Balaban J connectivity index is 1.54. The number of aryl methyl sites for hydroxylation is 1. The molecular formula is C20H24N4O3S. The molecule has 2 N–H and O–H groups in total. The molecule has 0 radical (unpaired) electrons. The van der Waals surface area contributed by atoms with Crippen molar-refractivity contribution < 1.29 is 13.2 Å². The van der Waals surface area contributed by atoms with Crippen LogP contribution in [0.15, 0.2) is 53.4 Å². The van der Waals surface area contributed by atoms with Crippen LogP contribution in [0.4, 0.5) is 4.79 Å². The Bertz CT molecular complexity index is 1090. The summed E-state index contributed by atoms with van der Waals surface area (Å²) in [7, 11) is -3.23. The summed E-state index contributed by atoms with van der Waals surface area (Å²) in [5, 5.41) is 5.72. The molecule has 7 nitrogen and oxygen atoms in total. The summed E-state index contributed by atoms with van der Waals surface area (Å²) in [4.78, 5) is 17.0. The predicted molar refractivity (Wildman–Crippen MR) is 109 cm³/mol. The van der Waals surface area contributed by atoms with Gasteiger partial charge in [-0.05, 0) is 43.7 Å². The lowest BCUT2D eigenvalue weighted by molar-refractivity contribution is 0.237. The number of nitrogens with zero attached hydrogens (tertiary/aromatic N) is 2. The van der Waals surface area contributed by atoms with Crippen LogP contribution in [0.25, 0.3) is 11.0 Å². The molecule has 0 fully saturated rings. The van der Waals surface area contributed by atoms with Crippen LogP contribution >= 0.6 is 0 Å². The maximum Gasteiger partial charge on any atom is 0.315 e. The molecule has 1 aromatic heterocycles. The number of imidazole rings is 1. The van der Waals surface area contributed by atoms with E-state index in [9.17, 15) is 13.2 Å². The second-order valence-electron chi connectivity index (χ2n) is 6.76. The average Bonchev–Trinajstić information content (AvgIpc) is 2.96. The van der Waals surface area contributed by atoms with E-state index in [1.807, 2.05) is 38.1 Å². The summed E-state index contributed by atoms with van der Waals surface area (Å²) in [5.74, 6) is 0.905. The minimum Gasteiger partial charge on any atom is -0.336 e. The highest BCUT2D eigenvalue weighted by Crippen LogP contribution is 2.16. The zero-order valence-corrected chi connectivity index (χ0v) is 17.0. The van der Waals surface area contributed by atoms with Gasteiger partial charge in [0.1, 0.15) is 5.82 Å². The molecule has 0 saturated heterocycles. The molecule has 0 saturated carbocycles. The number of hydrogen-bond donors (Lipinski definition) is 2. The molecule has 148 valence electrons. The van der Waals surface area contributed by atoms with Crippen molar-refractivity contribution in [1.29, 1.82) is 0 Å². The van der Waals surface area contributed by atoms with Crippen molar-refractivity contribution in [2.24, 2.45) is 0 Å². The summed E-state index contributed by atoms with van der Waals surface area (Å²) in [6.45, 7) is 4.88. The van der Waals surface area contributed by atoms with Crippen LogP contribution in [-0.4, -0.2) is 36.8 Å². The Labute approximate surface area is 164 Å². The van der Waals surface area contributed by atoms with Crippen LogP contribution in [0, 0.1) is 6.92 Å². The third kappa shape index (κ3) is 4.51. The molecule has 1 atom stereocenters. The van der Waals surface area contributed by atoms with E-state index in [4.69, 9.17) is 0 Å². The van der Waals surface area contributed by atoms with Crippen LogP contribution in [0.1, 0.15) is 24.4 Å². The first-order valence-electron chi connectivity index (χ1n) is 9.02. The van der Waals surface area contributed by atoms with E-state index in [-0.39, 0.29) is 17.0 Å². The van der Waals surface area contributed by atoms with Gasteiger partial charge < -0.3 is 15.2 Å². The lowest BCUT2D eigenvalue weighted by atomic mass is 10.1. The summed E-state index contributed by atoms with van der Waals surface area (Å²) >= 11 is 0. The number of carbonyl (C=O) groups excluding carboxylic acids is 1. The summed E-state index contributed by atoms with van der Waals surface area (Å²) < 4.78 is 25.1. The molecule has 0 aliphatic carbocycles. The van der Waals surface area contributed by atoms with E-state index in [1.165, 1.54) is 6.26 Å². The number of urea groups is 1. The van der Waals surface area contributed by atoms with Crippen molar-refractivity contribution >= 4 is 26.9 Å². The van der Waals surface area contributed by atoms with Crippen molar-refractivity contribution in [3.63, 3.8) is 0 Å². The van der Waals surface area contributed by atoms with Crippen molar-refractivity contribution in [2.75, 3.05) is 12.8 Å². The fraction of sp³-hybridized carbons (Fsp3) is 0.300. The highest BCUT2D eigenvalue weighted by atomic mass is 32.2. The molecule has 1 unspecified atom stereocenters. The normalized spacial score (nSPS) is 12.7. The molecule has 1 heterocycles. The molecular weight excluding hydrogens is 376 g/mol. The number of hydrogen-bond acceptors (Lipinski definition) is 4. The van der Waals surface area contributed by atoms with Gasteiger partial charge in [-0.1, -0.05) is 24.3 Å². The molecule has 2 amide bonds. The Morgan fingerprint density at radius 3 is 2.50 bits per heavy atom. The van der Waals surface area contributed by atoms with Gasteiger partial charge in [-0.2, -0.15) is 0 Å². The van der Waals surface area contributed by atoms with Gasteiger partial charge in [-0.25, -0.2) is 18.2 Å². The van der Waals surface area contributed by atoms with E-state index in [2.05, 4.69) is 20.2 Å². The first-order valence-corrected chi connectivity index (χ1v) is 10.9. The van der Waals surface area contributed by atoms with Gasteiger partial charge in [-0.15, -0.1) is 0 Å². The van der Waals surface area contributed by atoms with E-state index in [0.717, 1.165) is 22.4 Å².